The molecule has 0 aliphatic heterocycles. The van der Waals surface area contributed by atoms with E-state index in [-0.39, 0.29) is 56.4 Å². The maximum atomic E-state index is 15.9. The predicted octanol–water partition coefficient (Wildman–Crippen LogP) is 22.1. The van der Waals surface area contributed by atoms with Crippen LogP contribution in [0.25, 0.3) is 164 Å². The van der Waals surface area contributed by atoms with Gasteiger partial charge >= 0.3 is 6.18 Å². The second kappa shape index (κ2) is 24.7. The first-order valence-corrected chi connectivity index (χ1v) is 30.9. The molecule has 462 valence electrons. The van der Waals surface area contributed by atoms with E-state index in [4.69, 9.17) is 41.2 Å². The largest absolute Gasteiger partial charge is 0.416 e. The Hall–Kier alpha value is -15.0. The molecular formula is C84H40F3N13. The Morgan fingerprint density at radius 3 is 1.04 bits per heavy atom. The number of nitriles is 4. The average Bonchev–Trinajstić information content (AvgIpc) is 1.56. The van der Waals surface area contributed by atoms with Crippen molar-refractivity contribution in [3.05, 3.63) is 316 Å². The highest BCUT2D eigenvalue weighted by atomic mass is 19.4. The summed E-state index contributed by atoms with van der Waals surface area (Å²) in [5.74, 6) is 0.974. The highest BCUT2D eigenvalue weighted by Gasteiger charge is 2.33. The molecule has 0 unspecified atom stereocenters. The highest BCUT2D eigenvalue weighted by Crippen LogP contribution is 2.47. The number of fused-ring (bicyclic) bond motifs is 6. The summed E-state index contributed by atoms with van der Waals surface area (Å²) in [6.45, 7) is 31.6. The summed E-state index contributed by atoms with van der Waals surface area (Å²) in [5.41, 5.74) is 11.4. The minimum atomic E-state index is -4.86. The van der Waals surface area contributed by atoms with Crippen molar-refractivity contribution in [3.8, 4) is 125 Å². The van der Waals surface area contributed by atoms with Crippen LogP contribution in [0.3, 0.4) is 0 Å². The van der Waals surface area contributed by atoms with Gasteiger partial charge in [0.25, 0.3) is 0 Å². The maximum Gasteiger partial charge on any atom is 0.416 e. The van der Waals surface area contributed by atoms with Gasteiger partial charge in [0.1, 0.15) is 0 Å². The van der Waals surface area contributed by atoms with Crippen LogP contribution in [0.4, 0.5) is 35.9 Å². The molecule has 0 saturated carbocycles. The van der Waals surface area contributed by atoms with E-state index in [1.807, 2.05) is 149 Å². The van der Waals surface area contributed by atoms with Crippen LogP contribution in [0.2, 0.25) is 0 Å². The van der Waals surface area contributed by atoms with E-state index in [0.29, 0.717) is 133 Å². The molecule has 3 aromatic heterocycles. The molecular weight excluding hydrogens is 1250 g/mol. The molecule has 0 amide bonds. The molecule has 3 heterocycles. The predicted molar refractivity (Wildman–Crippen MR) is 381 cm³/mol. The molecule has 100 heavy (non-hydrogen) atoms. The smallest absolute Gasteiger partial charge is 0.309 e. The van der Waals surface area contributed by atoms with E-state index in [1.54, 1.807) is 60.7 Å². The van der Waals surface area contributed by atoms with Gasteiger partial charge in [-0.05, 0) is 172 Å². The first-order chi connectivity index (χ1) is 48.7. The van der Waals surface area contributed by atoms with Gasteiger partial charge in [-0.15, -0.1) is 0 Å². The van der Waals surface area contributed by atoms with Crippen molar-refractivity contribution in [2.24, 2.45) is 0 Å². The molecule has 0 fully saturated rings. The Bertz CT molecular complexity index is 5930. The minimum absolute atomic E-state index is 0.143. The summed E-state index contributed by atoms with van der Waals surface area (Å²) >= 11 is 0. The Morgan fingerprint density at radius 1 is 0.300 bits per heavy atom. The number of nitrogens with zero attached hydrogens (tertiary/aromatic N) is 13. The van der Waals surface area contributed by atoms with Gasteiger partial charge in [-0.25, -0.2) is 34.3 Å². The Labute approximate surface area is 569 Å². The average molecular weight is 1290 g/mol. The number of benzene rings is 12. The lowest BCUT2D eigenvalue weighted by molar-refractivity contribution is -0.137. The molecule has 15 rings (SSSR count). The standard InChI is InChI=1S/C84H40F3N13/c1-92-65-32-51(47-90)30-61(34-65)56-17-22-75-70(39-56)71-41-58(63-36-67(94-3)44-68(37-63)95-4)19-23-76(71)99(75)79-26-20-64(84(85,86)87)43-74(79)69-21-15-59(83-97-81(53-11-7-5-8-12-53)96-82(98-83)54-13-9-6-10-14-54)42-80(69)100-77-24-16-55(60-28-49(45-88)27-50(29-60)46-89)38-72(77)73-40-57(18-25-78(73)100)62-31-52(48-91)33-66(35-62)93-2/h5-44H. The van der Waals surface area contributed by atoms with Crippen LogP contribution in [0, 0.1) is 71.6 Å². The van der Waals surface area contributed by atoms with Crippen LogP contribution in [-0.4, -0.2) is 24.1 Å². The van der Waals surface area contributed by atoms with Gasteiger partial charge in [-0.3, -0.25) is 0 Å². The molecule has 0 saturated heterocycles. The fraction of sp³-hybridized carbons (Fsp3) is 0.0119. The quantitative estimate of drug-likeness (QED) is 0.123. The second-order valence-electron chi connectivity index (χ2n) is 23.6. The Balaban J connectivity index is 1.06. The maximum absolute atomic E-state index is 15.9. The highest BCUT2D eigenvalue weighted by molar-refractivity contribution is 6.14. The number of hydrogen-bond acceptors (Lipinski definition) is 7. The topological polar surface area (TPSA) is 161 Å². The van der Waals surface area contributed by atoms with Crippen molar-refractivity contribution < 1.29 is 13.2 Å². The van der Waals surface area contributed by atoms with Gasteiger partial charge in [-0.2, -0.15) is 34.2 Å². The summed E-state index contributed by atoms with van der Waals surface area (Å²) in [6, 6.07) is 78.8. The zero-order chi connectivity index (χ0) is 68.9. The van der Waals surface area contributed by atoms with Crippen molar-refractivity contribution in [1.82, 2.24) is 24.1 Å². The summed E-state index contributed by atoms with van der Waals surface area (Å²) in [7, 11) is 0. The summed E-state index contributed by atoms with van der Waals surface area (Å²) < 4.78 is 51.6. The number of alkyl halides is 3. The first kappa shape index (κ1) is 61.2. The van der Waals surface area contributed by atoms with Gasteiger partial charge in [0.2, 0.25) is 0 Å². The normalized spacial score (nSPS) is 11.1. The van der Waals surface area contributed by atoms with Crippen LogP contribution in [0.1, 0.15) is 27.8 Å². The van der Waals surface area contributed by atoms with Crippen LogP contribution < -0.4 is 0 Å². The third kappa shape index (κ3) is 11.0. The van der Waals surface area contributed by atoms with E-state index in [0.717, 1.165) is 12.1 Å². The van der Waals surface area contributed by atoms with Crippen molar-refractivity contribution >= 4 is 66.4 Å². The van der Waals surface area contributed by atoms with Crippen LogP contribution in [0.5, 0.6) is 0 Å². The van der Waals surface area contributed by atoms with Crippen LogP contribution in [0.15, 0.2) is 243 Å². The fourth-order valence-corrected chi connectivity index (χ4v) is 13.1. The van der Waals surface area contributed by atoms with E-state index in [9.17, 15) is 21.0 Å². The van der Waals surface area contributed by atoms with Gasteiger partial charge in [0.05, 0.1) is 101 Å². The molecule has 0 aliphatic carbocycles. The van der Waals surface area contributed by atoms with Crippen molar-refractivity contribution in [1.29, 1.82) is 21.0 Å². The Morgan fingerprint density at radius 2 is 0.650 bits per heavy atom. The molecule has 0 N–H and O–H groups in total. The summed E-state index contributed by atoms with van der Waals surface area (Å²) in [5, 5.41) is 43.2. The molecule has 0 atom stereocenters. The van der Waals surface area contributed by atoms with Gasteiger partial charge in [-0.1, -0.05) is 115 Å². The SMILES string of the molecule is [C-]#[N+]c1cc(C#N)cc(-c2ccc3c(c2)c2cc(-c4cc([N+]#[C-])cc([N+]#[C-])c4)ccc2n3-c2ccc(C(F)(F)F)cc2-c2ccc(-c3nc(-c4ccccc4)nc(-c4ccccc4)n3)cc2-n2c3ccc(-c4cc(C#N)cc(C#N)c4)cc3c3cc(-c4cc(C#N)cc([N+]#[C-])c4)ccc32)c1. The Kier molecular flexibility index (Phi) is 15.1. The fourth-order valence-electron chi connectivity index (χ4n) is 13.1. The first-order valence-electron chi connectivity index (χ1n) is 30.9. The van der Waals surface area contributed by atoms with Gasteiger partial charge in [0, 0.05) is 60.5 Å². The summed E-state index contributed by atoms with van der Waals surface area (Å²) in [4.78, 5) is 29.9. The lowest BCUT2D eigenvalue weighted by atomic mass is 9.96. The lowest BCUT2D eigenvalue weighted by Crippen LogP contribution is -2.08. The number of hydrogen-bond donors (Lipinski definition) is 0. The third-order valence-corrected chi connectivity index (χ3v) is 17.6. The molecule has 16 heteroatoms. The zero-order valence-electron chi connectivity index (χ0n) is 52.0. The van der Waals surface area contributed by atoms with E-state index >= 15 is 13.2 Å². The number of aromatic nitrogens is 5. The minimum Gasteiger partial charge on any atom is -0.309 e. The van der Waals surface area contributed by atoms with Crippen LogP contribution >= 0.6 is 0 Å². The molecule has 12 aromatic carbocycles. The van der Waals surface area contributed by atoms with Crippen molar-refractivity contribution in [2.45, 2.75) is 6.18 Å². The van der Waals surface area contributed by atoms with Crippen molar-refractivity contribution in [2.75, 3.05) is 0 Å². The molecule has 0 radical (unpaired) electrons. The second-order valence-corrected chi connectivity index (χ2v) is 23.6. The van der Waals surface area contributed by atoms with E-state index < -0.39 is 11.7 Å². The molecule has 0 spiro atoms. The van der Waals surface area contributed by atoms with Gasteiger partial charge < -0.3 is 9.13 Å². The van der Waals surface area contributed by atoms with Crippen molar-refractivity contribution in [3.63, 3.8) is 0 Å². The van der Waals surface area contributed by atoms with E-state index in [2.05, 4.69) is 43.7 Å². The number of rotatable bonds is 10. The zero-order valence-corrected chi connectivity index (χ0v) is 52.0. The van der Waals surface area contributed by atoms with Gasteiger partial charge in [0.15, 0.2) is 40.2 Å². The van der Waals surface area contributed by atoms with E-state index in [1.165, 1.54) is 30.3 Å². The van der Waals surface area contributed by atoms with Crippen LogP contribution in [-0.2, 0) is 6.18 Å². The molecule has 0 bridgehead atoms. The molecule has 0 aliphatic rings. The number of halogens is 3. The third-order valence-electron chi connectivity index (χ3n) is 17.6. The molecule has 13 nitrogen and oxygen atoms in total. The summed E-state index contributed by atoms with van der Waals surface area (Å²) in [6.07, 6.45) is -4.86. The lowest BCUT2D eigenvalue weighted by Gasteiger charge is -2.21. The monoisotopic (exact) mass is 1290 g/mol. The molecule has 15 aromatic rings.